The summed E-state index contributed by atoms with van der Waals surface area (Å²) in [7, 11) is 1.73. The smallest absolute Gasteiger partial charge is 0.325 e. The van der Waals surface area contributed by atoms with Gasteiger partial charge in [0.2, 0.25) is 0 Å². The van der Waals surface area contributed by atoms with Gasteiger partial charge in [0.1, 0.15) is 5.54 Å². The van der Waals surface area contributed by atoms with Crippen LogP contribution >= 0.6 is 0 Å². The zero-order valence-electron chi connectivity index (χ0n) is 16.9. The molecule has 2 atom stereocenters. The number of aryl methyl sites for hydroxylation is 1. The van der Waals surface area contributed by atoms with Gasteiger partial charge < -0.3 is 16.0 Å². The summed E-state index contributed by atoms with van der Waals surface area (Å²) >= 11 is 0. The van der Waals surface area contributed by atoms with E-state index in [2.05, 4.69) is 46.9 Å². The van der Waals surface area contributed by atoms with Crippen molar-refractivity contribution in [1.29, 1.82) is 0 Å². The molecule has 0 aromatic heterocycles. The van der Waals surface area contributed by atoms with Crippen LogP contribution in [0.25, 0.3) is 0 Å². The quantitative estimate of drug-likeness (QED) is 0.296. The second-order valence-electron chi connectivity index (χ2n) is 7.15. The standard InChI is InChI=1S/C20H31N5O2/c1-6-20(4)17(26)25(19(27)24-20)13-9-12-22-18(21-5)23-15(3)16-11-8-7-10-14(16)2/h7-8,10-11,15H,6,9,12-13H2,1-5H3,(H,24,27)(H2,21,22,23). The second-order valence-corrected chi connectivity index (χ2v) is 7.15. The normalized spacial score (nSPS) is 21.2. The average molecular weight is 374 g/mol. The molecule has 0 saturated carbocycles. The van der Waals surface area contributed by atoms with Crippen molar-refractivity contribution in [2.24, 2.45) is 4.99 Å². The zero-order chi connectivity index (χ0) is 20.0. The van der Waals surface area contributed by atoms with E-state index in [1.165, 1.54) is 16.0 Å². The molecule has 148 valence electrons. The predicted molar refractivity (Wildman–Crippen MR) is 108 cm³/mol. The maximum absolute atomic E-state index is 12.4. The van der Waals surface area contributed by atoms with Crippen molar-refractivity contribution in [3.8, 4) is 0 Å². The van der Waals surface area contributed by atoms with Crippen LogP contribution in [0.15, 0.2) is 29.3 Å². The van der Waals surface area contributed by atoms with Gasteiger partial charge in [-0.15, -0.1) is 0 Å². The monoisotopic (exact) mass is 373 g/mol. The fourth-order valence-electron chi connectivity index (χ4n) is 3.18. The van der Waals surface area contributed by atoms with Crippen LogP contribution in [0.1, 0.15) is 50.8 Å². The number of benzene rings is 1. The van der Waals surface area contributed by atoms with Crippen LogP contribution in [-0.2, 0) is 4.79 Å². The third kappa shape index (κ3) is 4.78. The Labute approximate surface area is 161 Å². The van der Waals surface area contributed by atoms with E-state index >= 15 is 0 Å². The predicted octanol–water partition coefficient (Wildman–Crippen LogP) is 2.33. The molecular formula is C20H31N5O2. The van der Waals surface area contributed by atoms with Gasteiger partial charge in [0, 0.05) is 20.1 Å². The molecule has 0 radical (unpaired) electrons. The van der Waals surface area contributed by atoms with Crippen LogP contribution < -0.4 is 16.0 Å². The van der Waals surface area contributed by atoms with E-state index in [0.717, 1.165) is 0 Å². The van der Waals surface area contributed by atoms with Crippen molar-refractivity contribution in [3.63, 3.8) is 0 Å². The molecule has 7 nitrogen and oxygen atoms in total. The SMILES string of the molecule is CCC1(C)NC(=O)N(CCCNC(=NC)NC(C)c2ccccc2C)C1=O. The van der Waals surface area contributed by atoms with Crippen molar-refractivity contribution in [2.75, 3.05) is 20.1 Å². The maximum Gasteiger partial charge on any atom is 0.325 e. The van der Waals surface area contributed by atoms with E-state index in [9.17, 15) is 9.59 Å². The molecule has 1 aliphatic heterocycles. The topological polar surface area (TPSA) is 85.8 Å². The number of hydrogen-bond acceptors (Lipinski definition) is 3. The minimum atomic E-state index is -0.773. The van der Waals surface area contributed by atoms with Crippen LogP contribution in [0.2, 0.25) is 0 Å². The van der Waals surface area contributed by atoms with Crippen molar-refractivity contribution >= 4 is 17.9 Å². The first-order valence-electron chi connectivity index (χ1n) is 9.49. The van der Waals surface area contributed by atoms with E-state index < -0.39 is 5.54 Å². The lowest BCUT2D eigenvalue weighted by Crippen LogP contribution is -2.43. The number of nitrogens with zero attached hydrogens (tertiary/aromatic N) is 2. The number of amides is 3. The molecule has 1 aliphatic rings. The Kier molecular flexibility index (Phi) is 6.82. The van der Waals surface area contributed by atoms with Gasteiger partial charge in [-0.25, -0.2) is 4.79 Å². The fraction of sp³-hybridized carbons (Fsp3) is 0.550. The Morgan fingerprint density at radius 2 is 2.04 bits per heavy atom. The molecule has 0 aliphatic carbocycles. The van der Waals surface area contributed by atoms with E-state index in [-0.39, 0.29) is 18.0 Å². The van der Waals surface area contributed by atoms with Gasteiger partial charge in [0.15, 0.2) is 5.96 Å². The number of aliphatic imine (C=N–C) groups is 1. The van der Waals surface area contributed by atoms with Crippen molar-refractivity contribution in [2.45, 2.75) is 52.1 Å². The van der Waals surface area contributed by atoms with E-state index in [0.29, 0.717) is 31.9 Å². The molecule has 1 saturated heterocycles. The summed E-state index contributed by atoms with van der Waals surface area (Å²) in [5, 5.41) is 9.39. The molecule has 3 N–H and O–H groups in total. The Bertz CT molecular complexity index is 718. The Balaban J connectivity index is 1.81. The highest BCUT2D eigenvalue weighted by Gasteiger charge is 2.45. The third-order valence-electron chi connectivity index (χ3n) is 5.13. The zero-order valence-corrected chi connectivity index (χ0v) is 16.9. The van der Waals surface area contributed by atoms with Crippen molar-refractivity contribution in [3.05, 3.63) is 35.4 Å². The number of imide groups is 1. The molecule has 1 aromatic carbocycles. The van der Waals surface area contributed by atoms with Crippen LogP contribution in [0, 0.1) is 6.92 Å². The highest BCUT2D eigenvalue weighted by Crippen LogP contribution is 2.20. The lowest BCUT2D eigenvalue weighted by Gasteiger charge is -2.21. The minimum absolute atomic E-state index is 0.119. The number of urea groups is 1. The first-order chi connectivity index (χ1) is 12.8. The Hall–Kier alpha value is -2.57. The van der Waals surface area contributed by atoms with E-state index in [1.54, 1.807) is 14.0 Å². The maximum atomic E-state index is 12.4. The molecule has 1 heterocycles. The van der Waals surface area contributed by atoms with Gasteiger partial charge in [0.25, 0.3) is 5.91 Å². The van der Waals surface area contributed by atoms with Gasteiger partial charge in [-0.1, -0.05) is 31.2 Å². The molecule has 2 unspecified atom stereocenters. The molecule has 2 rings (SSSR count). The van der Waals surface area contributed by atoms with E-state index in [4.69, 9.17) is 0 Å². The first kappa shape index (κ1) is 20.7. The highest BCUT2D eigenvalue weighted by atomic mass is 16.2. The molecule has 1 fully saturated rings. The summed E-state index contributed by atoms with van der Waals surface area (Å²) in [4.78, 5) is 29.9. The van der Waals surface area contributed by atoms with Gasteiger partial charge in [-0.2, -0.15) is 0 Å². The van der Waals surface area contributed by atoms with Gasteiger partial charge in [-0.3, -0.25) is 14.7 Å². The number of carbonyl (C=O) groups excluding carboxylic acids is 2. The molecular weight excluding hydrogens is 342 g/mol. The molecule has 0 bridgehead atoms. The first-order valence-corrected chi connectivity index (χ1v) is 9.49. The summed E-state index contributed by atoms with van der Waals surface area (Å²) in [6.07, 6.45) is 1.23. The summed E-state index contributed by atoms with van der Waals surface area (Å²) in [6, 6.07) is 8.05. The lowest BCUT2D eigenvalue weighted by atomic mass is 9.99. The number of guanidine groups is 1. The summed E-state index contributed by atoms with van der Waals surface area (Å²) in [5.41, 5.74) is 1.68. The van der Waals surface area contributed by atoms with Crippen LogP contribution in [0.3, 0.4) is 0 Å². The Morgan fingerprint density at radius 1 is 1.33 bits per heavy atom. The summed E-state index contributed by atoms with van der Waals surface area (Å²) in [6.45, 7) is 8.84. The number of nitrogens with one attached hydrogen (secondary N) is 3. The summed E-state index contributed by atoms with van der Waals surface area (Å²) in [5.74, 6) is 0.548. The molecule has 7 heteroatoms. The van der Waals surface area contributed by atoms with Crippen LogP contribution in [-0.4, -0.2) is 48.5 Å². The third-order valence-corrected chi connectivity index (χ3v) is 5.13. The van der Waals surface area contributed by atoms with Crippen LogP contribution in [0.4, 0.5) is 4.79 Å². The molecule has 27 heavy (non-hydrogen) atoms. The summed E-state index contributed by atoms with van der Waals surface area (Å²) < 4.78 is 0. The fourth-order valence-corrected chi connectivity index (χ4v) is 3.18. The van der Waals surface area contributed by atoms with Crippen molar-refractivity contribution < 1.29 is 9.59 Å². The van der Waals surface area contributed by atoms with Crippen LogP contribution in [0.5, 0.6) is 0 Å². The second kappa shape index (κ2) is 8.88. The van der Waals surface area contributed by atoms with Gasteiger partial charge in [0.05, 0.1) is 6.04 Å². The minimum Gasteiger partial charge on any atom is -0.356 e. The molecule has 3 amide bonds. The number of carbonyl (C=O) groups is 2. The molecule has 0 spiro atoms. The lowest BCUT2D eigenvalue weighted by molar-refractivity contribution is -0.130. The highest BCUT2D eigenvalue weighted by molar-refractivity contribution is 6.06. The van der Waals surface area contributed by atoms with Gasteiger partial charge in [-0.05, 0) is 44.7 Å². The van der Waals surface area contributed by atoms with Gasteiger partial charge >= 0.3 is 6.03 Å². The largest absolute Gasteiger partial charge is 0.356 e. The Morgan fingerprint density at radius 3 is 2.63 bits per heavy atom. The number of rotatable bonds is 7. The average Bonchev–Trinajstić information content (AvgIpc) is 2.87. The van der Waals surface area contributed by atoms with E-state index in [1.807, 2.05) is 19.1 Å². The molecule has 1 aromatic rings. The number of hydrogen-bond donors (Lipinski definition) is 3. The van der Waals surface area contributed by atoms with Crippen molar-refractivity contribution in [1.82, 2.24) is 20.9 Å².